The molecule has 2 nitrogen and oxygen atoms in total. The maximum absolute atomic E-state index is 5.00. The van der Waals surface area contributed by atoms with Gasteiger partial charge in [0.05, 0.1) is 7.11 Å². The molecule has 0 saturated carbocycles. The zero-order valence-electron chi connectivity index (χ0n) is 7.29. The van der Waals surface area contributed by atoms with Crippen LogP contribution in [0.4, 0.5) is 0 Å². The molecule has 64 valence electrons. The van der Waals surface area contributed by atoms with Gasteiger partial charge in [0, 0.05) is 11.8 Å². The molecule has 1 heterocycles. The summed E-state index contributed by atoms with van der Waals surface area (Å²) in [6.07, 6.45) is 3.78. The van der Waals surface area contributed by atoms with Gasteiger partial charge in [0.1, 0.15) is 0 Å². The fourth-order valence-corrected chi connectivity index (χ4v) is 0.960. The minimum atomic E-state index is 0.677. The zero-order chi connectivity index (χ0) is 8.81. The van der Waals surface area contributed by atoms with Gasteiger partial charge >= 0.3 is 0 Å². The number of ether oxygens (including phenoxy) is 1. The summed E-state index contributed by atoms with van der Waals surface area (Å²) in [6, 6.07) is 5.79. The monoisotopic (exact) mass is 163 g/mol. The molecule has 0 fully saturated rings. The third-order valence-corrected chi connectivity index (χ3v) is 1.59. The molecule has 0 aliphatic carbocycles. The maximum Gasteiger partial charge on any atom is 0.213 e. The molecule has 2 heteroatoms. The number of methoxy groups -OCH3 is 1. The van der Waals surface area contributed by atoms with E-state index in [9.17, 15) is 0 Å². The highest BCUT2D eigenvalue weighted by molar-refractivity contribution is 5.15. The van der Waals surface area contributed by atoms with Gasteiger partial charge in [-0.3, -0.25) is 0 Å². The van der Waals surface area contributed by atoms with E-state index in [2.05, 4.69) is 11.6 Å². The van der Waals surface area contributed by atoms with Crippen molar-refractivity contribution >= 4 is 0 Å². The summed E-state index contributed by atoms with van der Waals surface area (Å²) in [4.78, 5) is 4.26. The van der Waals surface area contributed by atoms with Gasteiger partial charge in [0.25, 0.3) is 0 Å². The fraction of sp³-hybridized carbons (Fsp3) is 0.300. The lowest BCUT2D eigenvalue weighted by molar-refractivity contribution is 0.396. The first-order valence-corrected chi connectivity index (χ1v) is 3.97. The van der Waals surface area contributed by atoms with Gasteiger partial charge in [-0.25, -0.2) is 4.98 Å². The number of rotatable bonds is 4. The fourth-order valence-electron chi connectivity index (χ4n) is 0.960. The molecule has 0 spiro atoms. The van der Waals surface area contributed by atoms with Crippen LogP contribution in [-0.4, -0.2) is 12.1 Å². The van der Waals surface area contributed by atoms with E-state index < -0.39 is 0 Å². The molecule has 0 aliphatic rings. The Morgan fingerprint density at radius 1 is 1.58 bits per heavy atom. The molecule has 0 N–H and O–H groups in total. The molecule has 0 atom stereocenters. The second-order valence-electron chi connectivity index (χ2n) is 2.50. The summed E-state index contributed by atoms with van der Waals surface area (Å²) < 4.78 is 5.00. The maximum atomic E-state index is 5.00. The van der Waals surface area contributed by atoms with Crippen molar-refractivity contribution in [2.45, 2.75) is 12.8 Å². The van der Waals surface area contributed by atoms with Crippen molar-refractivity contribution in [3.8, 4) is 5.88 Å². The van der Waals surface area contributed by atoms with E-state index in [1.165, 1.54) is 0 Å². The van der Waals surface area contributed by atoms with Crippen LogP contribution in [0, 0.1) is 0 Å². The van der Waals surface area contributed by atoms with Crippen LogP contribution < -0.4 is 4.74 Å². The van der Waals surface area contributed by atoms with Crippen LogP contribution in [0.5, 0.6) is 5.88 Å². The van der Waals surface area contributed by atoms with Crippen molar-refractivity contribution in [1.82, 2.24) is 4.98 Å². The standard InChI is InChI=1S/C10H13NO/c1-3-4-6-9-7-5-8-10(11-9)12-2/h3,5,7-8H,1,4,6H2,2H3. The molecule has 0 unspecified atom stereocenters. The number of aryl methyl sites for hydroxylation is 1. The average Bonchev–Trinajstić information content (AvgIpc) is 2.15. The molecule has 0 aromatic carbocycles. The highest BCUT2D eigenvalue weighted by Gasteiger charge is 1.94. The minimum absolute atomic E-state index is 0.677. The molecular formula is C10H13NO. The summed E-state index contributed by atoms with van der Waals surface area (Å²) in [7, 11) is 1.62. The minimum Gasteiger partial charge on any atom is -0.481 e. The van der Waals surface area contributed by atoms with E-state index in [0.29, 0.717) is 5.88 Å². The zero-order valence-corrected chi connectivity index (χ0v) is 7.29. The first-order valence-electron chi connectivity index (χ1n) is 3.97. The van der Waals surface area contributed by atoms with Crippen LogP contribution in [-0.2, 0) is 6.42 Å². The molecule has 0 aliphatic heterocycles. The summed E-state index contributed by atoms with van der Waals surface area (Å²) in [5.41, 5.74) is 1.05. The molecule has 0 bridgehead atoms. The number of allylic oxidation sites excluding steroid dienone is 1. The lowest BCUT2D eigenvalue weighted by Crippen LogP contribution is -1.92. The van der Waals surface area contributed by atoms with Crippen molar-refractivity contribution in [2.75, 3.05) is 7.11 Å². The van der Waals surface area contributed by atoms with Crippen LogP contribution in [0.3, 0.4) is 0 Å². The number of pyridine rings is 1. The smallest absolute Gasteiger partial charge is 0.213 e. The first kappa shape index (κ1) is 8.78. The SMILES string of the molecule is C=CCCc1cccc(OC)n1. The summed E-state index contributed by atoms with van der Waals surface area (Å²) in [5.74, 6) is 0.677. The predicted octanol–water partition coefficient (Wildman–Crippen LogP) is 2.21. The average molecular weight is 163 g/mol. The van der Waals surface area contributed by atoms with Gasteiger partial charge in [-0.05, 0) is 18.9 Å². The molecule has 1 aromatic rings. The molecular weight excluding hydrogens is 150 g/mol. The van der Waals surface area contributed by atoms with E-state index in [0.717, 1.165) is 18.5 Å². The van der Waals surface area contributed by atoms with Gasteiger partial charge in [-0.1, -0.05) is 12.1 Å². The van der Waals surface area contributed by atoms with Crippen LogP contribution in [0.1, 0.15) is 12.1 Å². The Labute approximate surface area is 72.9 Å². The van der Waals surface area contributed by atoms with Crippen molar-refractivity contribution < 1.29 is 4.74 Å². The Bertz CT molecular complexity index is 258. The lowest BCUT2D eigenvalue weighted by atomic mass is 10.2. The van der Waals surface area contributed by atoms with Crippen molar-refractivity contribution in [1.29, 1.82) is 0 Å². The van der Waals surface area contributed by atoms with Gasteiger partial charge in [-0.15, -0.1) is 6.58 Å². The van der Waals surface area contributed by atoms with Gasteiger partial charge in [0.15, 0.2) is 0 Å². The van der Waals surface area contributed by atoms with Crippen LogP contribution in [0.15, 0.2) is 30.9 Å². The third kappa shape index (κ3) is 2.38. The van der Waals surface area contributed by atoms with Crippen LogP contribution in [0.25, 0.3) is 0 Å². The Morgan fingerprint density at radius 3 is 3.08 bits per heavy atom. The third-order valence-electron chi connectivity index (χ3n) is 1.59. The largest absolute Gasteiger partial charge is 0.481 e. The number of hydrogen-bond donors (Lipinski definition) is 0. The van der Waals surface area contributed by atoms with Gasteiger partial charge in [0.2, 0.25) is 5.88 Å². The van der Waals surface area contributed by atoms with Crippen molar-refractivity contribution in [2.24, 2.45) is 0 Å². The highest BCUT2D eigenvalue weighted by atomic mass is 16.5. The molecule has 0 amide bonds. The molecule has 1 rings (SSSR count). The topological polar surface area (TPSA) is 22.1 Å². The van der Waals surface area contributed by atoms with E-state index >= 15 is 0 Å². The first-order chi connectivity index (χ1) is 5.86. The van der Waals surface area contributed by atoms with E-state index in [4.69, 9.17) is 4.74 Å². The van der Waals surface area contributed by atoms with Crippen LogP contribution in [0.2, 0.25) is 0 Å². The summed E-state index contributed by atoms with van der Waals surface area (Å²) in [6.45, 7) is 3.66. The Balaban J connectivity index is 2.65. The molecule has 1 aromatic heterocycles. The second kappa shape index (κ2) is 4.54. The molecule has 0 saturated heterocycles. The number of aromatic nitrogens is 1. The van der Waals surface area contributed by atoms with Crippen LogP contribution >= 0.6 is 0 Å². The Hall–Kier alpha value is -1.31. The Kier molecular flexibility index (Phi) is 3.33. The van der Waals surface area contributed by atoms with Crippen molar-refractivity contribution in [3.63, 3.8) is 0 Å². The second-order valence-corrected chi connectivity index (χ2v) is 2.50. The highest BCUT2D eigenvalue weighted by Crippen LogP contribution is 2.07. The summed E-state index contributed by atoms with van der Waals surface area (Å²) in [5, 5.41) is 0. The summed E-state index contributed by atoms with van der Waals surface area (Å²) >= 11 is 0. The molecule has 12 heavy (non-hydrogen) atoms. The van der Waals surface area contributed by atoms with Gasteiger partial charge < -0.3 is 4.74 Å². The van der Waals surface area contributed by atoms with E-state index in [-0.39, 0.29) is 0 Å². The lowest BCUT2D eigenvalue weighted by Gasteiger charge is -2.00. The quantitative estimate of drug-likeness (QED) is 0.635. The van der Waals surface area contributed by atoms with Crippen molar-refractivity contribution in [3.05, 3.63) is 36.5 Å². The van der Waals surface area contributed by atoms with E-state index in [1.54, 1.807) is 7.11 Å². The van der Waals surface area contributed by atoms with Gasteiger partial charge in [-0.2, -0.15) is 0 Å². The predicted molar refractivity (Wildman–Crippen MR) is 49.3 cm³/mol. The Morgan fingerprint density at radius 2 is 2.42 bits per heavy atom. The normalized spacial score (nSPS) is 9.42. The number of hydrogen-bond acceptors (Lipinski definition) is 2. The molecule has 0 radical (unpaired) electrons. The number of nitrogens with zero attached hydrogens (tertiary/aromatic N) is 1. The van der Waals surface area contributed by atoms with E-state index in [1.807, 2.05) is 24.3 Å².